The molecule has 0 aliphatic heterocycles. The van der Waals surface area contributed by atoms with E-state index in [9.17, 15) is 9.00 Å². The van der Waals surface area contributed by atoms with Gasteiger partial charge in [-0.05, 0) is 37.3 Å². The number of fused-ring (bicyclic) bond motifs is 1. The highest BCUT2D eigenvalue weighted by Gasteiger charge is 2.19. The first-order chi connectivity index (χ1) is 11.5. The zero-order valence-corrected chi connectivity index (χ0v) is 14.8. The third kappa shape index (κ3) is 3.09. The van der Waals surface area contributed by atoms with E-state index in [0.29, 0.717) is 26.9 Å². The molecule has 0 radical (unpaired) electrons. The Kier molecular flexibility index (Phi) is 4.73. The zero-order valence-electron chi connectivity index (χ0n) is 13.3. The van der Waals surface area contributed by atoms with Crippen LogP contribution in [0.3, 0.4) is 0 Å². The second-order valence-corrected chi connectivity index (χ2v) is 7.43. The molecular weight excluding hydrogens is 346 g/mol. The van der Waals surface area contributed by atoms with Gasteiger partial charge in [0.25, 0.3) is 5.91 Å². The number of furan rings is 1. The summed E-state index contributed by atoms with van der Waals surface area (Å²) in [6, 6.07) is 12.3. The van der Waals surface area contributed by atoms with Crippen molar-refractivity contribution in [1.29, 1.82) is 0 Å². The van der Waals surface area contributed by atoms with Crippen LogP contribution in [0.5, 0.6) is 0 Å². The first kappa shape index (κ1) is 16.7. The molecule has 24 heavy (non-hydrogen) atoms. The molecule has 0 unspecified atom stereocenters. The van der Waals surface area contributed by atoms with E-state index in [4.69, 9.17) is 16.0 Å². The van der Waals surface area contributed by atoms with Crippen molar-refractivity contribution < 1.29 is 13.4 Å². The molecule has 1 heterocycles. The van der Waals surface area contributed by atoms with Gasteiger partial charge in [-0.1, -0.05) is 30.7 Å². The molecule has 0 aliphatic rings. The Labute approximate surface area is 147 Å². The Hall–Kier alpha value is -2.11. The molecule has 2 aromatic carbocycles. The number of anilines is 1. The fourth-order valence-electron chi connectivity index (χ4n) is 2.51. The molecule has 6 heteroatoms. The van der Waals surface area contributed by atoms with E-state index in [1.54, 1.807) is 42.5 Å². The Morgan fingerprint density at radius 3 is 2.75 bits per heavy atom. The van der Waals surface area contributed by atoms with E-state index in [0.717, 1.165) is 10.9 Å². The van der Waals surface area contributed by atoms with Crippen LogP contribution in [0.4, 0.5) is 5.69 Å². The molecule has 1 N–H and O–H groups in total. The summed E-state index contributed by atoms with van der Waals surface area (Å²) in [7, 11) is -1.16. The number of carbonyl (C=O) groups excluding carboxylic acids is 1. The summed E-state index contributed by atoms with van der Waals surface area (Å²) >= 11 is 6.00. The minimum atomic E-state index is -1.16. The Balaban J connectivity index is 1.97. The fourth-order valence-corrected chi connectivity index (χ4v) is 3.59. The molecule has 3 rings (SSSR count). The molecule has 0 fully saturated rings. The lowest BCUT2D eigenvalue weighted by Gasteiger charge is -2.09. The van der Waals surface area contributed by atoms with Crippen LogP contribution in [0.2, 0.25) is 5.02 Å². The topological polar surface area (TPSA) is 59.3 Å². The molecule has 1 amide bonds. The molecular formula is C18H16ClNO3S. The molecule has 1 aromatic heterocycles. The maximum absolute atomic E-state index is 12.6. The fraction of sp³-hybridized carbons (Fsp3) is 0.167. The van der Waals surface area contributed by atoms with Gasteiger partial charge in [0.2, 0.25) is 0 Å². The van der Waals surface area contributed by atoms with Crippen molar-refractivity contribution in [1.82, 2.24) is 0 Å². The summed E-state index contributed by atoms with van der Waals surface area (Å²) in [6.45, 7) is 3.65. The van der Waals surface area contributed by atoms with Gasteiger partial charge in [-0.3, -0.25) is 9.00 Å². The number of hydrogen-bond donors (Lipinski definition) is 1. The number of halogens is 1. The molecule has 0 saturated carbocycles. The standard InChI is InChI=1S/C18H16ClNO3S/c1-3-24(22)16-7-5-4-6-14(16)20-18(21)17-11(2)13-10-12(19)8-9-15(13)23-17/h4-10H,3H2,1-2H3,(H,20,21)/t24-/m0/s1. The van der Waals surface area contributed by atoms with E-state index in [2.05, 4.69) is 5.32 Å². The second kappa shape index (κ2) is 6.79. The number of para-hydroxylation sites is 1. The minimum Gasteiger partial charge on any atom is -0.451 e. The van der Waals surface area contributed by atoms with E-state index in [-0.39, 0.29) is 11.7 Å². The van der Waals surface area contributed by atoms with Crippen LogP contribution in [0.15, 0.2) is 51.8 Å². The van der Waals surface area contributed by atoms with Crippen molar-refractivity contribution >= 4 is 45.0 Å². The molecule has 3 aromatic rings. The quantitative estimate of drug-likeness (QED) is 0.727. The third-order valence-corrected chi connectivity index (χ3v) is 5.35. The lowest BCUT2D eigenvalue weighted by atomic mass is 10.1. The molecule has 124 valence electrons. The lowest BCUT2D eigenvalue weighted by molar-refractivity contribution is 0.0997. The number of hydrogen-bond acceptors (Lipinski definition) is 3. The van der Waals surface area contributed by atoms with Gasteiger partial charge in [-0.15, -0.1) is 0 Å². The van der Waals surface area contributed by atoms with Gasteiger partial charge >= 0.3 is 0 Å². The van der Waals surface area contributed by atoms with E-state index in [1.165, 1.54) is 0 Å². The number of carbonyl (C=O) groups is 1. The van der Waals surface area contributed by atoms with Gasteiger partial charge in [0.1, 0.15) is 5.58 Å². The third-order valence-electron chi connectivity index (χ3n) is 3.75. The number of amides is 1. The first-order valence-electron chi connectivity index (χ1n) is 7.48. The van der Waals surface area contributed by atoms with Crippen LogP contribution < -0.4 is 5.32 Å². The monoisotopic (exact) mass is 361 g/mol. The lowest BCUT2D eigenvalue weighted by Crippen LogP contribution is -2.14. The smallest absolute Gasteiger partial charge is 0.291 e. The highest BCUT2D eigenvalue weighted by Crippen LogP contribution is 2.29. The molecule has 0 bridgehead atoms. The second-order valence-electron chi connectivity index (χ2n) is 5.28. The molecule has 0 saturated heterocycles. The predicted molar refractivity (Wildman–Crippen MR) is 97.3 cm³/mol. The maximum atomic E-state index is 12.6. The Bertz CT molecular complexity index is 949. The van der Waals surface area contributed by atoms with Gasteiger partial charge in [0.15, 0.2) is 5.76 Å². The van der Waals surface area contributed by atoms with Crippen LogP contribution in [0, 0.1) is 6.92 Å². The van der Waals surface area contributed by atoms with Gasteiger partial charge in [0.05, 0.1) is 21.4 Å². The minimum absolute atomic E-state index is 0.226. The first-order valence-corrected chi connectivity index (χ1v) is 9.18. The summed E-state index contributed by atoms with van der Waals surface area (Å²) < 4.78 is 17.8. The van der Waals surface area contributed by atoms with Gasteiger partial charge in [-0.2, -0.15) is 0 Å². The summed E-state index contributed by atoms with van der Waals surface area (Å²) in [5, 5.41) is 4.19. The maximum Gasteiger partial charge on any atom is 0.291 e. The van der Waals surface area contributed by atoms with Crippen molar-refractivity contribution in [3.8, 4) is 0 Å². The number of aryl methyl sites for hydroxylation is 1. The van der Waals surface area contributed by atoms with Crippen LogP contribution in [-0.2, 0) is 10.8 Å². The highest BCUT2D eigenvalue weighted by molar-refractivity contribution is 7.85. The SMILES string of the molecule is CC[S@](=O)c1ccccc1NC(=O)c1oc2ccc(Cl)cc2c1C. The number of benzene rings is 2. The summed E-state index contributed by atoms with van der Waals surface area (Å²) in [6.07, 6.45) is 0. The molecule has 0 spiro atoms. The average molecular weight is 362 g/mol. The zero-order chi connectivity index (χ0) is 17.3. The summed E-state index contributed by atoms with van der Waals surface area (Å²) in [5.41, 5.74) is 1.85. The van der Waals surface area contributed by atoms with Crippen LogP contribution in [0.1, 0.15) is 23.0 Å². The largest absolute Gasteiger partial charge is 0.451 e. The van der Waals surface area contributed by atoms with Crippen LogP contribution >= 0.6 is 11.6 Å². The average Bonchev–Trinajstić information content (AvgIpc) is 2.91. The van der Waals surface area contributed by atoms with Gasteiger partial charge in [0, 0.05) is 21.7 Å². The van der Waals surface area contributed by atoms with Crippen molar-refractivity contribution in [2.45, 2.75) is 18.7 Å². The number of nitrogens with one attached hydrogen (secondary N) is 1. The predicted octanol–water partition coefficient (Wildman–Crippen LogP) is 4.77. The number of rotatable bonds is 4. The van der Waals surface area contributed by atoms with Crippen molar-refractivity contribution in [2.75, 3.05) is 11.1 Å². The highest BCUT2D eigenvalue weighted by atomic mass is 35.5. The molecule has 4 nitrogen and oxygen atoms in total. The van der Waals surface area contributed by atoms with Crippen LogP contribution in [-0.4, -0.2) is 15.9 Å². The van der Waals surface area contributed by atoms with E-state index >= 15 is 0 Å². The Morgan fingerprint density at radius 1 is 1.25 bits per heavy atom. The normalized spacial score (nSPS) is 12.3. The molecule has 1 atom stereocenters. The van der Waals surface area contributed by atoms with E-state index < -0.39 is 10.8 Å². The van der Waals surface area contributed by atoms with Crippen LogP contribution in [0.25, 0.3) is 11.0 Å². The van der Waals surface area contributed by atoms with Gasteiger partial charge in [-0.25, -0.2) is 0 Å². The van der Waals surface area contributed by atoms with Crippen molar-refractivity contribution in [2.24, 2.45) is 0 Å². The Morgan fingerprint density at radius 2 is 2.00 bits per heavy atom. The van der Waals surface area contributed by atoms with Crippen molar-refractivity contribution in [3.05, 3.63) is 58.8 Å². The van der Waals surface area contributed by atoms with E-state index in [1.807, 2.05) is 13.8 Å². The molecule has 0 aliphatic carbocycles. The summed E-state index contributed by atoms with van der Waals surface area (Å²) in [4.78, 5) is 13.2. The van der Waals surface area contributed by atoms with Gasteiger partial charge < -0.3 is 9.73 Å². The summed E-state index contributed by atoms with van der Waals surface area (Å²) in [5.74, 6) is 0.333. The van der Waals surface area contributed by atoms with Crippen molar-refractivity contribution in [3.63, 3.8) is 0 Å².